The first kappa shape index (κ1) is 8.60. The largest absolute Gasteiger partial charge is 0.223 e. The van der Waals surface area contributed by atoms with Crippen LogP contribution in [0, 0.1) is 13.8 Å². The molecule has 1 heterocycles. The fourth-order valence-corrected chi connectivity index (χ4v) is 1.59. The van der Waals surface area contributed by atoms with Crippen LogP contribution in [-0.2, 0) is 13.6 Å². The Labute approximate surface area is 72.4 Å². The first-order valence-electron chi connectivity index (χ1n) is 3.81. The van der Waals surface area contributed by atoms with E-state index in [0.29, 0.717) is 0 Å². The van der Waals surface area contributed by atoms with Crippen molar-refractivity contribution in [3.63, 3.8) is 0 Å². The van der Waals surface area contributed by atoms with Gasteiger partial charge in [0.15, 0.2) is 7.05 Å². The highest BCUT2D eigenvalue weighted by Crippen LogP contribution is 2.16. The highest BCUT2D eigenvalue weighted by molar-refractivity contribution is 6.31. The van der Waals surface area contributed by atoms with Crippen LogP contribution in [0.4, 0.5) is 0 Å². The number of halogens is 1. The van der Waals surface area contributed by atoms with Crippen molar-refractivity contribution in [2.24, 2.45) is 7.05 Å². The zero-order chi connectivity index (χ0) is 8.59. The van der Waals surface area contributed by atoms with Gasteiger partial charge in [-0.2, -0.15) is 4.68 Å². The lowest BCUT2D eigenvalue weighted by atomic mass is 10.4. The number of hydrogen-bond donors (Lipinski definition) is 0. The highest BCUT2D eigenvalue weighted by Gasteiger charge is 2.18. The van der Waals surface area contributed by atoms with Crippen LogP contribution in [0.2, 0.25) is 5.02 Å². The molecule has 0 aliphatic heterocycles. The van der Waals surface area contributed by atoms with Crippen LogP contribution in [-0.4, -0.2) is 4.68 Å². The van der Waals surface area contributed by atoms with Gasteiger partial charge in [-0.05, 0) is 13.8 Å². The smallest absolute Gasteiger partial charge is 0.157 e. The maximum Gasteiger partial charge on any atom is 0.223 e. The normalized spacial score (nSPS) is 10.6. The average Bonchev–Trinajstić information content (AvgIpc) is 2.17. The van der Waals surface area contributed by atoms with Gasteiger partial charge >= 0.3 is 0 Å². The lowest BCUT2D eigenvalue weighted by Crippen LogP contribution is -2.41. The first-order chi connectivity index (χ1) is 5.09. The van der Waals surface area contributed by atoms with Gasteiger partial charge in [-0.25, -0.2) is 0 Å². The Bertz CT molecular complexity index is 251. The Morgan fingerprint density at radius 2 is 2.00 bits per heavy atom. The van der Waals surface area contributed by atoms with Crippen molar-refractivity contribution in [2.75, 3.05) is 0 Å². The second-order valence-electron chi connectivity index (χ2n) is 2.72. The van der Waals surface area contributed by atoms with Crippen LogP contribution >= 0.6 is 11.6 Å². The molecule has 0 spiro atoms. The van der Waals surface area contributed by atoms with E-state index in [-0.39, 0.29) is 0 Å². The summed E-state index contributed by atoms with van der Waals surface area (Å²) in [5.74, 6) is 0. The standard InChI is InChI=1S/C8H14ClN2/c1-5-11-7(3)8(9)6(2)10(11)4/h5H2,1-4H3/q+1. The third kappa shape index (κ3) is 1.16. The third-order valence-electron chi connectivity index (χ3n) is 2.17. The zero-order valence-corrected chi connectivity index (χ0v) is 8.24. The average molecular weight is 174 g/mol. The molecule has 1 rings (SSSR count). The SMILES string of the molecule is CCn1c(C)c(Cl)c(C)[n+]1C. The monoisotopic (exact) mass is 173 g/mol. The van der Waals surface area contributed by atoms with Crippen LogP contribution in [0.3, 0.4) is 0 Å². The number of nitrogens with zero attached hydrogens (tertiary/aromatic N) is 2. The summed E-state index contributed by atoms with van der Waals surface area (Å²) in [6.07, 6.45) is 0. The summed E-state index contributed by atoms with van der Waals surface area (Å²) in [4.78, 5) is 0. The van der Waals surface area contributed by atoms with E-state index in [1.807, 2.05) is 20.9 Å². The van der Waals surface area contributed by atoms with Crippen molar-refractivity contribution in [3.8, 4) is 0 Å². The molecule has 0 saturated carbocycles. The molecule has 0 aromatic carbocycles. The van der Waals surface area contributed by atoms with Crippen molar-refractivity contribution in [1.82, 2.24) is 4.68 Å². The molecule has 0 bridgehead atoms. The predicted molar refractivity (Wildman–Crippen MR) is 45.8 cm³/mol. The van der Waals surface area contributed by atoms with E-state index in [2.05, 4.69) is 16.3 Å². The molecule has 1 aromatic rings. The molecule has 1 aromatic heterocycles. The van der Waals surface area contributed by atoms with E-state index < -0.39 is 0 Å². The summed E-state index contributed by atoms with van der Waals surface area (Å²) in [6, 6.07) is 0. The van der Waals surface area contributed by atoms with Gasteiger partial charge in [-0.3, -0.25) is 0 Å². The Balaban J connectivity index is 3.36. The number of rotatable bonds is 1. The molecule has 0 N–H and O–H groups in total. The first-order valence-corrected chi connectivity index (χ1v) is 4.18. The summed E-state index contributed by atoms with van der Waals surface area (Å²) in [5, 5.41) is 0.884. The van der Waals surface area contributed by atoms with E-state index in [1.54, 1.807) is 0 Å². The van der Waals surface area contributed by atoms with Crippen molar-refractivity contribution in [3.05, 3.63) is 16.4 Å². The molecule has 0 unspecified atom stereocenters. The maximum absolute atomic E-state index is 6.04. The van der Waals surface area contributed by atoms with E-state index in [9.17, 15) is 0 Å². The summed E-state index contributed by atoms with van der Waals surface area (Å²) < 4.78 is 4.23. The molecule has 3 heteroatoms. The molecule has 0 amide bonds. The molecule has 0 saturated heterocycles. The van der Waals surface area contributed by atoms with Crippen molar-refractivity contribution in [1.29, 1.82) is 0 Å². The van der Waals surface area contributed by atoms with Gasteiger partial charge in [0.25, 0.3) is 0 Å². The molecular formula is C8H14ClN2+. The minimum atomic E-state index is 0.884. The predicted octanol–water partition coefficient (Wildman–Crippen LogP) is 1.60. The van der Waals surface area contributed by atoms with Gasteiger partial charge in [0, 0.05) is 6.92 Å². The molecule has 2 nitrogen and oxygen atoms in total. The summed E-state index contributed by atoms with van der Waals surface area (Å²) >= 11 is 6.04. The Morgan fingerprint density at radius 1 is 1.45 bits per heavy atom. The zero-order valence-electron chi connectivity index (χ0n) is 7.48. The molecule has 0 atom stereocenters. The van der Waals surface area contributed by atoms with Crippen molar-refractivity contribution < 1.29 is 4.68 Å². The minimum Gasteiger partial charge on any atom is -0.157 e. The minimum absolute atomic E-state index is 0.884. The second-order valence-corrected chi connectivity index (χ2v) is 3.10. The van der Waals surface area contributed by atoms with Crippen molar-refractivity contribution >= 4 is 11.6 Å². The molecular weight excluding hydrogens is 160 g/mol. The lowest BCUT2D eigenvalue weighted by molar-refractivity contribution is -0.758. The quantitative estimate of drug-likeness (QED) is 0.571. The van der Waals surface area contributed by atoms with Crippen LogP contribution in [0.5, 0.6) is 0 Å². The van der Waals surface area contributed by atoms with Crippen LogP contribution in [0.1, 0.15) is 18.3 Å². The van der Waals surface area contributed by atoms with Gasteiger partial charge < -0.3 is 0 Å². The molecule has 62 valence electrons. The fraction of sp³-hybridized carbons (Fsp3) is 0.625. The molecule has 0 fully saturated rings. The van der Waals surface area contributed by atoms with Crippen molar-refractivity contribution in [2.45, 2.75) is 27.3 Å². The van der Waals surface area contributed by atoms with Gasteiger partial charge in [-0.15, -0.1) is 4.68 Å². The van der Waals surface area contributed by atoms with Gasteiger partial charge in [-0.1, -0.05) is 11.6 Å². The van der Waals surface area contributed by atoms with Gasteiger partial charge in [0.2, 0.25) is 5.69 Å². The summed E-state index contributed by atoms with van der Waals surface area (Å²) in [7, 11) is 2.03. The summed E-state index contributed by atoms with van der Waals surface area (Å²) in [5.41, 5.74) is 2.28. The van der Waals surface area contributed by atoms with Crippen LogP contribution in [0.25, 0.3) is 0 Å². The van der Waals surface area contributed by atoms with Gasteiger partial charge in [0.1, 0.15) is 5.02 Å². The van der Waals surface area contributed by atoms with Crippen LogP contribution in [0.15, 0.2) is 0 Å². The number of hydrogen-bond acceptors (Lipinski definition) is 0. The highest BCUT2D eigenvalue weighted by atomic mass is 35.5. The fourth-order valence-electron chi connectivity index (χ4n) is 1.37. The van der Waals surface area contributed by atoms with Gasteiger partial charge in [0.05, 0.1) is 12.2 Å². The second kappa shape index (κ2) is 2.86. The Hall–Kier alpha value is -0.500. The maximum atomic E-state index is 6.04. The topological polar surface area (TPSA) is 8.81 Å². The molecule has 0 radical (unpaired) electrons. The van der Waals surface area contributed by atoms with E-state index in [1.165, 1.54) is 0 Å². The molecule has 0 aliphatic rings. The van der Waals surface area contributed by atoms with Crippen LogP contribution < -0.4 is 4.68 Å². The Morgan fingerprint density at radius 3 is 2.18 bits per heavy atom. The Kier molecular flexibility index (Phi) is 2.23. The summed E-state index contributed by atoms with van der Waals surface area (Å²) in [6.45, 7) is 7.15. The van der Waals surface area contributed by atoms with E-state index in [0.717, 1.165) is 23.0 Å². The van der Waals surface area contributed by atoms with E-state index >= 15 is 0 Å². The number of aromatic nitrogens is 2. The molecule has 0 aliphatic carbocycles. The lowest BCUT2D eigenvalue weighted by Gasteiger charge is -1.95. The third-order valence-corrected chi connectivity index (χ3v) is 2.72. The molecule has 11 heavy (non-hydrogen) atoms. The van der Waals surface area contributed by atoms with E-state index in [4.69, 9.17) is 11.6 Å².